The van der Waals surface area contributed by atoms with Gasteiger partial charge in [-0.25, -0.2) is 0 Å². The van der Waals surface area contributed by atoms with E-state index in [0.29, 0.717) is 17.6 Å². The van der Waals surface area contributed by atoms with Crippen LogP contribution in [0.3, 0.4) is 0 Å². The molecule has 2 atom stereocenters. The molecule has 0 bridgehead atoms. The lowest BCUT2D eigenvalue weighted by Gasteiger charge is -2.24. The predicted octanol–water partition coefficient (Wildman–Crippen LogP) is 2.97. The second-order valence-corrected chi connectivity index (χ2v) is 6.17. The minimum absolute atomic E-state index is 0.525. The fourth-order valence-corrected chi connectivity index (χ4v) is 2.80. The second-order valence-electron chi connectivity index (χ2n) is 6.17. The molecule has 16 heavy (non-hydrogen) atoms. The highest BCUT2D eigenvalue weighted by atomic mass is 16.5. The molecule has 1 saturated carbocycles. The Balaban J connectivity index is 1.65. The van der Waals surface area contributed by atoms with E-state index in [2.05, 4.69) is 26.1 Å². The first-order valence-corrected chi connectivity index (χ1v) is 6.97. The lowest BCUT2D eigenvalue weighted by Crippen LogP contribution is -2.36. The quantitative estimate of drug-likeness (QED) is 0.750. The van der Waals surface area contributed by atoms with Crippen LogP contribution in [0.5, 0.6) is 0 Å². The summed E-state index contributed by atoms with van der Waals surface area (Å²) >= 11 is 0. The van der Waals surface area contributed by atoms with Crippen LogP contribution >= 0.6 is 0 Å². The fourth-order valence-electron chi connectivity index (χ4n) is 2.80. The van der Waals surface area contributed by atoms with Crippen molar-refractivity contribution < 1.29 is 4.74 Å². The van der Waals surface area contributed by atoms with Crippen LogP contribution in [0.2, 0.25) is 0 Å². The van der Waals surface area contributed by atoms with Crippen molar-refractivity contribution in [2.24, 2.45) is 11.3 Å². The van der Waals surface area contributed by atoms with E-state index in [-0.39, 0.29) is 0 Å². The van der Waals surface area contributed by atoms with E-state index in [4.69, 9.17) is 4.74 Å². The van der Waals surface area contributed by atoms with Crippen LogP contribution in [0.4, 0.5) is 0 Å². The first kappa shape index (κ1) is 12.4. The summed E-state index contributed by atoms with van der Waals surface area (Å²) in [4.78, 5) is 0. The van der Waals surface area contributed by atoms with Gasteiger partial charge in [-0.1, -0.05) is 13.8 Å². The number of ether oxygens (including phenoxy) is 1. The zero-order valence-corrected chi connectivity index (χ0v) is 11.1. The molecule has 2 fully saturated rings. The molecule has 2 aliphatic rings. The highest BCUT2D eigenvalue weighted by Crippen LogP contribution is 2.51. The molecule has 2 rings (SSSR count). The summed E-state index contributed by atoms with van der Waals surface area (Å²) in [5, 5.41) is 3.71. The lowest BCUT2D eigenvalue weighted by atomic mass is 9.92. The molecule has 1 saturated heterocycles. The average Bonchev–Trinajstić information content (AvgIpc) is 2.88. The van der Waals surface area contributed by atoms with Crippen molar-refractivity contribution in [2.75, 3.05) is 13.2 Å². The highest BCUT2D eigenvalue weighted by Gasteiger charge is 2.44. The molecular weight excluding hydrogens is 198 g/mol. The number of hydrogen-bond acceptors (Lipinski definition) is 2. The number of hydrogen-bond donors (Lipinski definition) is 1. The molecule has 1 heterocycles. The molecular formula is C14H27NO. The lowest BCUT2D eigenvalue weighted by molar-refractivity contribution is 0.0952. The van der Waals surface area contributed by atoms with Gasteiger partial charge in [0.1, 0.15) is 0 Å². The van der Waals surface area contributed by atoms with Gasteiger partial charge in [-0.3, -0.25) is 0 Å². The number of nitrogens with one attached hydrogen (secondary N) is 1. The zero-order chi connectivity index (χ0) is 11.6. The number of rotatable bonds is 6. The van der Waals surface area contributed by atoms with Gasteiger partial charge in [0.25, 0.3) is 0 Å². The molecule has 2 unspecified atom stereocenters. The van der Waals surface area contributed by atoms with E-state index < -0.39 is 0 Å². The smallest absolute Gasteiger partial charge is 0.0590 e. The van der Waals surface area contributed by atoms with Crippen molar-refractivity contribution in [3.05, 3.63) is 0 Å². The highest BCUT2D eigenvalue weighted by molar-refractivity contribution is 4.97. The summed E-state index contributed by atoms with van der Waals surface area (Å²) in [5.41, 5.74) is 0.630. The summed E-state index contributed by atoms with van der Waals surface area (Å²) in [6, 6.07) is 0.610. The molecule has 2 nitrogen and oxygen atoms in total. The Morgan fingerprint density at radius 3 is 2.56 bits per heavy atom. The van der Waals surface area contributed by atoms with Crippen LogP contribution < -0.4 is 5.32 Å². The molecule has 1 aliphatic carbocycles. The van der Waals surface area contributed by atoms with E-state index in [0.717, 1.165) is 12.5 Å². The van der Waals surface area contributed by atoms with E-state index >= 15 is 0 Å². The van der Waals surface area contributed by atoms with Crippen LogP contribution in [-0.2, 0) is 4.74 Å². The molecule has 94 valence electrons. The Hall–Kier alpha value is -0.0800. The monoisotopic (exact) mass is 225 g/mol. The largest absolute Gasteiger partial charge is 0.378 e. The molecule has 1 aliphatic heterocycles. The predicted molar refractivity (Wildman–Crippen MR) is 67.6 cm³/mol. The average molecular weight is 225 g/mol. The van der Waals surface area contributed by atoms with E-state index in [1.54, 1.807) is 0 Å². The molecule has 0 aromatic rings. The van der Waals surface area contributed by atoms with Crippen molar-refractivity contribution in [1.82, 2.24) is 5.32 Å². The van der Waals surface area contributed by atoms with Crippen LogP contribution in [-0.4, -0.2) is 25.3 Å². The summed E-state index contributed by atoms with van der Waals surface area (Å²) in [7, 11) is 0. The van der Waals surface area contributed by atoms with E-state index in [9.17, 15) is 0 Å². The van der Waals surface area contributed by atoms with Gasteiger partial charge in [-0.15, -0.1) is 0 Å². The van der Waals surface area contributed by atoms with Gasteiger partial charge in [0.05, 0.1) is 6.10 Å². The van der Waals surface area contributed by atoms with Gasteiger partial charge < -0.3 is 10.1 Å². The Morgan fingerprint density at radius 2 is 2.06 bits per heavy atom. The Morgan fingerprint density at radius 1 is 1.31 bits per heavy atom. The summed E-state index contributed by atoms with van der Waals surface area (Å²) in [6.07, 6.45) is 7.08. The second kappa shape index (κ2) is 5.05. The minimum Gasteiger partial charge on any atom is -0.378 e. The SMILES string of the molecule is CC(CC1CCCO1)NCC1(C(C)C)CC1. The molecule has 0 amide bonds. The third kappa shape index (κ3) is 2.98. The molecule has 0 spiro atoms. The van der Waals surface area contributed by atoms with Gasteiger partial charge in [-0.05, 0) is 50.4 Å². The standard InChI is InChI=1S/C14H27NO/c1-11(2)14(6-7-14)10-15-12(3)9-13-5-4-8-16-13/h11-13,15H,4-10H2,1-3H3. The first-order chi connectivity index (χ1) is 7.62. The van der Waals surface area contributed by atoms with Crippen molar-refractivity contribution in [1.29, 1.82) is 0 Å². The topological polar surface area (TPSA) is 21.3 Å². The van der Waals surface area contributed by atoms with E-state index in [1.165, 1.54) is 38.6 Å². The van der Waals surface area contributed by atoms with Crippen LogP contribution in [0.15, 0.2) is 0 Å². The van der Waals surface area contributed by atoms with Crippen molar-refractivity contribution >= 4 is 0 Å². The normalized spacial score (nSPS) is 29.6. The molecule has 0 radical (unpaired) electrons. The maximum atomic E-state index is 5.68. The third-order valence-electron chi connectivity index (χ3n) is 4.56. The first-order valence-electron chi connectivity index (χ1n) is 6.97. The van der Waals surface area contributed by atoms with Crippen molar-refractivity contribution in [3.63, 3.8) is 0 Å². The summed E-state index contributed by atoms with van der Waals surface area (Å²) < 4.78 is 5.68. The minimum atomic E-state index is 0.525. The molecule has 1 N–H and O–H groups in total. The molecule has 2 heteroatoms. The van der Waals surface area contributed by atoms with E-state index in [1.807, 2.05) is 0 Å². The van der Waals surface area contributed by atoms with Crippen LogP contribution in [0.25, 0.3) is 0 Å². The van der Waals surface area contributed by atoms with Crippen LogP contribution in [0, 0.1) is 11.3 Å². The maximum Gasteiger partial charge on any atom is 0.0590 e. The molecule has 0 aromatic heterocycles. The fraction of sp³-hybridized carbons (Fsp3) is 1.00. The van der Waals surface area contributed by atoms with Crippen molar-refractivity contribution in [2.45, 2.75) is 65.0 Å². The van der Waals surface area contributed by atoms with Gasteiger partial charge in [0.2, 0.25) is 0 Å². The molecule has 0 aromatic carbocycles. The Kier molecular flexibility index (Phi) is 3.91. The summed E-state index contributed by atoms with van der Waals surface area (Å²) in [6.45, 7) is 9.21. The van der Waals surface area contributed by atoms with Gasteiger partial charge in [0, 0.05) is 19.2 Å². The Bertz CT molecular complexity index is 217. The van der Waals surface area contributed by atoms with Gasteiger partial charge in [0.15, 0.2) is 0 Å². The Labute approximate surface area is 100 Å². The third-order valence-corrected chi connectivity index (χ3v) is 4.56. The zero-order valence-electron chi connectivity index (χ0n) is 11.1. The van der Waals surface area contributed by atoms with Crippen molar-refractivity contribution in [3.8, 4) is 0 Å². The van der Waals surface area contributed by atoms with Gasteiger partial charge >= 0.3 is 0 Å². The maximum absolute atomic E-state index is 5.68. The van der Waals surface area contributed by atoms with Crippen LogP contribution in [0.1, 0.15) is 52.9 Å². The summed E-state index contributed by atoms with van der Waals surface area (Å²) in [5.74, 6) is 0.829. The van der Waals surface area contributed by atoms with Gasteiger partial charge in [-0.2, -0.15) is 0 Å².